The number of morpholine rings is 1. The Morgan fingerprint density at radius 2 is 2.15 bits per heavy atom. The summed E-state index contributed by atoms with van der Waals surface area (Å²) in [7, 11) is -1.64. The van der Waals surface area contributed by atoms with Crippen molar-refractivity contribution < 1.29 is 24.3 Å². The Labute approximate surface area is 159 Å². The maximum absolute atomic E-state index is 12.2. The molecule has 0 saturated carbocycles. The molecule has 144 valence electrons. The first kappa shape index (κ1) is 20.8. The first-order valence-electron chi connectivity index (χ1n) is 8.56. The minimum atomic E-state index is -1.64. The quantitative estimate of drug-likeness (QED) is 0.679. The van der Waals surface area contributed by atoms with Gasteiger partial charge in [0.1, 0.15) is 5.60 Å². The van der Waals surface area contributed by atoms with Gasteiger partial charge in [0.2, 0.25) is 0 Å². The monoisotopic (exact) mass is 384 g/mol. The molecule has 1 atom stereocenters. The highest BCUT2D eigenvalue weighted by atomic mass is 35.5. The fraction of sp³-hybridized carbons (Fsp3) is 0.588. The SMILES string of the molecule is Cc1cc(Cl)cc(B(O)O)c1NC[C@@H]1CN(C(=O)OC(C)(C)C)CCO1. The van der Waals surface area contributed by atoms with Crippen LogP contribution in [0.5, 0.6) is 0 Å². The third kappa shape index (κ3) is 5.77. The van der Waals surface area contributed by atoms with Crippen molar-refractivity contribution in [3.8, 4) is 0 Å². The van der Waals surface area contributed by atoms with E-state index in [-0.39, 0.29) is 12.2 Å². The number of nitrogens with zero attached hydrogens (tertiary/aromatic N) is 1. The molecule has 1 fully saturated rings. The molecule has 1 aliphatic heterocycles. The molecule has 0 unspecified atom stereocenters. The van der Waals surface area contributed by atoms with E-state index in [4.69, 9.17) is 21.1 Å². The second-order valence-electron chi connectivity index (χ2n) is 7.36. The van der Waals surface area contributed by atoms with E-state index in [0.29, 0.717) is 42.4 Å². The van der Waals surface area contributed by atoms with Gasteiger partial charge in [-0.2, -0.15) is 0 Å². The van der Waals surface area contributed by atoms with E-state index in [1.807, 2.05) is 27.7 Å². The predicted molar refractivity (Wildman–Crippen MR) is 102 cm³/mol. The number of carbonyl (C=O) groups excluding carboxylic acids is 1. The van der Waals surface area contributed by atoms with Crippen LogP contribution < -0.4 is 10.8 Å². The number of anilines is 1. The number of amides is 1. The summed E-state index contributed by atoms with van der Waals surface area (Å²) >= 11 is 5.99. The Bertz CT molecular complexity index is 651. The van der Waals surface area contributed by atoms with E-state index in [2.05, 4.69) is 5.32 Å². The van der Waals surface area contributed by atoms with Gasteiger partial charge in [-0.1, -0.05) is 11.6 Å². The molecule has 26 heavy (non-hydrogen) atoms. The maximum Gasteiger partial charge on any atom is 0.490 e. The van der Waals surface area contributed by atoms with Gasteiger partial charge < -0.3 is 29.7 Å². The lowest BCUT2D eigenvalue weighted by Gasteiger charge is -2.34. The summed E-state index contributed by atoms with van der Waals surface area (Å²) in [5, 5.41) is 22.8. The second kappa shape index (κ2) is 8.48. The zero-order valence-corrected chi connectivity index (χ0v) is 16.3. The summed E-state index contributed by atoms with van der Waals surface area (Å²) in [5.74, 6) is 0. The fourth-order valence-electron chi connectivity index (χ4n) is 2.77. The van der Waals surface area contributed by atoms with E-state index in [1.165, 1.54) is 6.07 Å². The van der Waals surface area contributed by atoms with Gasteiger partial charge in [0, 0.05) is 29.3 Å². The topological polar surface area (TPSA) is 91.3 Å². The molecule has 0 aliphatic carbocycles. The van der Waals surface area contributed by atoms with Crippen LogP contribution in [0, 0.1) is 6.92 Å². The summed E-state index contributed by atoms with van der Waals surface area (Å²) in [6, 6.07) is 3.25. The van der Waals surface area contributed by atoms with Crippen molar-refractivity contribution in [1.82, 2.24) is 4.90 Å². The maximum atomic E-state index is 12.2. The molecule has 2 rings (SSSR count). The minimum absolute atomic E-state index is 0.241. The largest absolute Gasteiger partial charge is 0.490 e. The van der Waals surface area contributed by atoms with E-state index in [1.54, 1.807) is 11.0 Å². The van der Waals surface area contributed by atoms with E-state index in [9.17, 15) is 14.8 Å². The number of halogens is 1. The third-order valence-corrected chi connectivity index (χ3v) is 4.12. The molecule has 0 bridgehead atoms. The van der Waals surface area contributed by atoms with Crippen molar-refractivity contribution in [2.45, 2.75) is 39.4 Å². The Kier molecular flexibility index (Phi) is 6.79. The van der Waals surface area contributed by atoms with Gasteiger partial charge in [-0.05, 0) is 45.4 Å². The van der Waals surface area contributed by atoms with Crippen LogP contribution in [-0.2, 0) is 9.47 Å². The van der Waals surface area contributed by atoms with Crippen molar-refractivity contribution in [3.05, 3.63) is 22.7 Å². The summed E-state index contributed by atoms with van der Waals surface area (Å²) in [4.78, 5) is 13.8. The first-order chi connectivity index (χ1) is 12.1. The van der Waals surface area contributed by atoms with E-state index >= 15 is 0 Å². The Hall–Kier alpha value is -1.48. The van der Waals surface area contributed by atoms with Crippen molar-refractivity contribution in [2.24, 2.45) is 0 Å². The lowest BCUT2D eigenvalue weighted by molar-refractivity contribution is -0.0371. The molecular weight excluding hydrogens is 358 g/mol. The highest BCUT2D eigenvalue weighted by Gasteiger charge is 2.28. The Morgan fingerprint density at radius 1 is 1.46 bits per heavy atom. The molecule has 1 heterocycles. The molecule has 3 N–H and O–H groups in total. The second-order valence-corrected chi connectivity index (χ2v) is 7.80. The number of benzene rings is 1. The lowest BCUT2D eigenvalue weighted by atomic mass is 9.78. The molecule has 0 radical (unpaired) electrons. The van der Waals surface area contributed by atoms with Crippen molar-refractivity contribution in [3.63, 3.8) is 0 Å². The predicted octanol–water partition coefficient (Wildman–Crippen LogP) is 1.38. The lowest BCUT2D eigenvalue weighted by Crippen LogP contribution is -2.49. The molecular formula is C17H26BClN2O5. The number of aryl methyl sites for hydroxylation is 1. The third-order valence-electron chi connectivity index (χ3n) is 3.91. The smallest absolute Gasteiger partial charge is 0.444 e. The Balaban J connectivity index is 2.01. The van der Waals surface area contributed by atoms with Gasteiger partial charge in [-0.15, -0.1) is 0 Å². The van der Waals surface area contributed by atoms with Crippen LogP contribution in [0.2, 0.25) is 5.02 Å². The molecule has 1 aromatic rings. The van der Waals surface area contributed by atoms with Crippen LogP contribution in [0.15, 0.2) is 12.1 Å². The van der Waals surface area contributed by atoms with Crippen LogP contribution in [0.25, 0.3) is 0 Å². The first-order valence-corrected chi connectivity index (χ1v) is 8.94. The van der Waals surface area contributed by atoms with Crippen LogP contribution >= 0.6 is 11.6 Å². The molecule has 1 aliphatic rings. The van der Waals surface area contributed by atoms with Gasteiger partial charge in [0.15, 0.2) is 0 Å². The number of nitrogens with one attached hydrogen (secondary N) is 1. The molecule has 1 aromatic carbocycles. The number of rotatable bonds is 4. The highest BCUT2D eigenvalue weighted by Crippen LogP contribution is 2.19. The molecule has 1 saturated heterocycles. The molecule has 0 aromatic heterocycles. The van der Waals surface area contributed by atoms with Crippen LogP contribution in [0.3, 0.4) is 0 Å². The van der Waals surface area contributed by atoms with Gasteiger partial charge in [-0.3, -0.25) is 0 Å². The number of ether oxygens (including phenoxy) is 2. The molecule has 1 amide bonds. The van der Waals surface area contributed by atoms with Crippen LogP contribution in [-0.4, -0.2) is 66.1 Å². The standard InChI is InChI=1S/C17H26BClN2O5/c1-11-7-12(19)8-14(18(23)24)15(11)20-9-13-10-21(5-6-25-13)16(22)26-17(2,3)4/h7-8,13,20,23-24H,5-6,9-10H2,1-4H3/t13-/m1/s1. The fourth-order valence-corrected chi connectivity index (χ4v) is 3.05. The zero-order chi connectivity index (χ0) is 19.5. The van der Waals surface area contributed by atoms with Gasteiger partial charge >= 0.3 is 13.2 Å². The van der Waals surface area contributed by atoms with Crippen molar-refractivity contribution >= 4 is 36.0 Å². The minimum Gasteiger partial charge on any atom is -0.444 e. The normalized spacial score (nSPS) is 17.8. The van der Waals surface area contributed by atoms with Gasteiger partial charge in [0.05, 0.1) is 19.3 Å². The summed E-state index contributed by atoms with van der Waals surface area (Å²) < 4.78 is 11.1. The van der Waals surface area contributed by atoms with Crippen LogP contribution in [0.1, 0.15) is 26.3 Å². The van der Waals surface area contributed by atoms with Crippen LogP contribution in [0.4, 0.5) is 10.5 Å². The summed E-state index contributed by atoms with van der Waals surface area (Å²) in [6.07, 6.45) is -0.602. The molecule has 9 heteroatoms. The zero-order valence-electron chi connectivity index (χ0n) is 15.6. The molecule has 0 spiro atoms. The van der Waals surface area contributed by atoms with Crippen molar-refractivity contribution in [2.75, 3.05) is 31.6 Å². The average Bonchev–Trinajstić information content (AvgIpc) is 2.52. The van der Waals surface area contributed by atoms with Gasteiger partial charge in [0.25, 0.3) is 0 Å². The van der Waals surface area contributed by atoms with Crippen molar-refractivity contribution in [1.29, 1.82) is 0 Å². The molecule has 7 nitrogen and oxygen atoms in total. The highest BCUT2D eigenvalue weighted by molar-refractivity contribution is 6.61. The average molecular weight is 385 g/mol. The number of carbonyl (C=O) groups is 1. The number of hydrogen-bond acceptors (Lipinski definition) is 6. The van der Waals surface area contributed by atoms with E-state index < -0.39 is 12.7 Å². The Morgan fingerprint density at radius 3 is 2.77 bits per heavy atom. The summed E-state index contributed by atoms with van der Waals surface area (Å²) in [6.45, 7) is 9.01. The van der Waals surface area contributed by atoms with Gasteiger partial charge in [-0.25, -0.2) is 4.79 Å². The summed E-state index contributed by atoms with van der Waals surface area (Å²) in [5.41, 5.74) is 1.15. The van der Waals surface area contributed by atoms with E-state index in [0.717, 1.165) is 5.56 Å². The number of hydrogen-bond donors (Lipinski definition) is 3.